The Balaban J connectivity index is 2.12. The molecule has 0 atom stereocenters. The number of hydrogen-bond acceptors (Lipinski definition) is 3. The lowest BCUT2D eigenvalue weighted by molar-refractivity contribution is -0.388. The van der Waals surface area contributed by atoms with Gasteiger partial charge < -0.3 is 4.74 Å². The molecule has 19 heavy (non-hydrogen) atoms. The van der Waals surface area contributed by atoms with E-state index < -0.39 is 16.4 Å². The number of para-hydroxylation sites is 1. The number of rotatable bonds is 3. The molecule has 0 saturated heterocycles. The first-order chi connectivity index (χ1) is 8.89. The second-order valence-corrected chi connectivity index (χ2v) is 5.83. The van der Waals surface area contributed by atoms with Crippen LogP contribution in [0.5, 0.6) is 5.75 Å². The number of nitro benzene ring substituents is 1. The number of halogens is 1. The summed E-state index contributed by atoms with van der Waals surface area (Å²) in [7, 11) is 0. The van der Waals surface area contributed by atoms with Crippen molar-refractivity contribution in [3.05, 3.63) is 34.1 Å². The van der Waals surface area contributed by atoms with Crippen molar-refractivity contribution < 1.29 is 14.1 Å². The number of benzene rings is 1. The molecular weight excluding hydrogens is 249 g/mol. The lowest BCUT2D eigenvalue weighted by Crippen LogP contribution is -2.28. The lowest BCUT2D eigenvalue weighted by Gasteiger charge is -2.34. The molecule has 5 heteroatoms. The van der Waals surface area contributed by atoms with Crippen LogP contribution in [0, 0.1) is 21.3 Å². The first-order valence-electron chi connectivity index (χ1n) is 6.49. The van der Waals surface area contributed by atoms with E-state index in [0.717, 1.165) is 31.7 Å². The molecule has 1 saturated carbocycles. The molecule has 1 aromatic rings. The molecule has 0 N–H and O–H groups in total. The minimum absolute atomic E-state index is 0.0368. The standard InChI is InChI=1S/C14H18FNO3/c1-14(2)8-6-10(7-9-14)19-12-5-3-4-11(15)13(12)16(17)18/h3-5,10H,6-9H2,1-2H3. The minimum Gasteiger partial charge on any atom is -0.483 e. The Hall–Kier alpha value is -1.65. The van der Waals surface area contributed by atoms with E-state index in [4.69, 9.17) is 4.74 Å². The van der Waals surface area contributed by atoms with Gasteiger partial charge in [-0.05, 0) is 43.2 Å². The van der Waals surface area contributed by atoms with Crippen LogP contribution in [0.1, 0.15) is 39.5 Å². The van der Waals surface area contributed by atoms with E-state index in [1.807, 2.05) is 0 Å². The fraction of sp³-hybridized carbons (Fsp3) is 0.571. The summed E-state index contributed by atoms with van der Waals surface area (Å²) in [5, 5.41) is 10.9. The molecule has 1 aliphatic carbocycles. The number of nitrogens with zero attached hydrogens (tertiary/aromatic N) is 1. The maximum absolute atomic E-state index is 13.5. The first-order valence-corrected chi connectivity index (χ1v) is 6.49. The normalized spacial score (nSPS) is 19.1. The SMILES string of the molecule is CC1(C)CCC(Oc2cccc(F)c2[N+](=O)[O-])CC1. The molecule has 0 aromatic heterocycles. The second-order valence-electron chi connectivity index (χ2n) is 5.83. The van der Waals surface area contributed by atoms with E-state index >= 15 is 0 Å². The smallest absolute Gasteiger partial charge is 0.346 e. The van der Waals surface area contributed by atoms with Crippen molar-refractivity contribution in [2.24, 2.45) is 5.41 Å². The van der Waals surface area contributed by atoms with Crippen molar-refractivity contribution in [1.82, 2.24) is 0 Å². The summed E-state index contributed by atoms with van der Waals surface area (Å²) in [4.78, 5) is 10.1. The van der Waals surface area contributed by atoms with Gasteiger partial charge in [0.25, 0.3) is 0 Å². The van der Waals surface area contributed by atoms with Crippen molar-refractivity contribution in [2.45, 2.75) is 45.6 Å². The highest BCUT2D eigenvalue weighted by atomic mass is 19.1. The zero-order valence-corrected chi connectivity index (χ0v) is 11.2. The Labute approximate surface area is 111 Å². The summed E-state index contributed by atoms with van der Waals surface area (Å²) < 4.78 is 19.1. The van der Waals surface area contributed by atoms with Crippen LogP contribution in [0.4, 0.5) is 10.1 Å². The topological polar surface area (TPSA) is 52.4 Å². The van der Waals surface area contributed by atoms with Crippen molar-refractivity contribution >= 4 is 5.69 Å². The Bertz CT molecular complexity index is 478. The summed E-state index contributed by atoms with van der Waals surface area (Å²) in [6.07, 6.45) is 3.66. The van der Waals surface area contributed by atoms with Gasteiger partial charge in [0.2, 0.25) is 11.6 Å². The molecular formula is C14H18FNO3. The third kappa shape index (κ3) is 3.22. The summed E-state index contributed by atoms with van der Waals surface area (Å²) in [5.41, 5.74) is -0.263. The third-order valence-corrected chi connectivity index (χ3v) is 3.71. The van der Waals surface area contributed by atoms with Crippen LogP contribution in [-0.4, -0.2) is 11.0 Å². The van der Waals surface area contributed by atoms with Gasteiger partial charge in [-0.25, -0.2) is 0 Å². The first kappa shape index (κ1) is 13.8. The van der Waals surface area contributed by atoms with Crippen LogP contribution >= 0.6 is 0 Å². The van der Waals surface area contributed by atoms with E-state index in [-0.39, 0.29) is 11.9 Å². The second kappa shape index (κ2) is 5.15. The highest BCUT2D eigenvalue weighted by molar-refractivity contribution is 5.47. The van der Waals surface area contributed by atoms with Gasteiger partial charge in [0, 0.05) is 0 Å². The largest absolute Gasteiger partial charge is 0.483 e. The molecule has 1 fully saturated rings. The van der Waals surface area contributed by atoms with E-state index in [1.165, 1.54) is 12.1 Å². The average molecular weight is 267 g/mol. The number of nitro groups is 1. The monoisotopic (exact) mass is 267 g/mol. The van der Waals surface area contributed by atoms with Gasteiger partial charge in [-0.2, -0.15) is 4.39 Å². The van der Waals surface area contributed by atoms with Crippen molar-refractivity contribution in [1.29, 1.82) is 0 Å². The Morgan fingerprint density at radius 2 is 2.00 bits per heavy atom. The summed E-state index contributed by atoms with van der Waals surface area (Å²) in [6.45, 7) is 4.40. The predicted octanol–water partition coefficient (Wildman–Crippen LogP) is 4.08. The van der Waals surface area contributed by atoms with E-state index in [2.05, 4.69) is 13.8 Å². The quantitative estimate of drug-likeness (QED) is 0.612. The van der Waals surface area contributed by atoms with Crippen molar-refractivity contribution in [2.75, 3.05) is 0 Å². The van der Waals surface area contributed by atoms with E-state index in [1.54, 1.807) is 0 Å². The summed E-state index contributed by atoms with van der Waals surface area (Å²) in [5.74, 6) is -0.812. The lowest BCUT2D eigenvalue weighted by atomic mass is 9.76. The van der Waals surface area contributed by atoms with Crippen LogP contribution in [0.15, 0.2) is 18.2 Å². The fourth-order valence-electron chi connectivity index (χ4n) is 2.44. The molecule has 1 aliphatic rings. The molecule has 2 rings (SSSR count). The molecule has 1 aromatic carbocycles. The summed E-state index contributed by atoms with van der Waals surface area (Å²) >= 11 is 0. The van der Waals surface area contributed by atoms with Crippen LogP contribution in [-0.2, 0) is 0 Å². The van der Waals surface area contributed by atoms with Gasteiger partial charge in [0.15, 0.2) is 0 Å². The number of ether oxygens (including phenoxy) is 1. The predicted molar refractivity (Wildman–Crippen MR) is 69.7 cm³/mol. The van der Waals surface area contributed by atoms with E-state index in [9.17, 15) is 14.5 Å². The van der Waals surface area contributed by atoms with E-state index in [0.29, 0.717) is 5.41 Å². The molecule has 104 valence electrons. The maximum Gasteiger partial charge on any atom is 0.346 e. The van der Waals surface area contributed by atoms with Crippen LogP contribution in [0.3, 0.4) is 0 Å². The molecule has 0 bridgehead atoms. The van der Waals surface area contributed by atoms with Crippen molar-refractivity contribution in [3.8, 4) is 5.75 Å². The highest BCUT2D eigenvalue weighted by Gasteiger charge is 2.30. The zero-order chi connectivity index (χ0) is 14.0. The zero-order valence-electron chi connectivity index (χ0n) is 11.2. The molecule has 0 amide bonds. The van der Waals surface area contributed by atoms with Gasteiger partial charge in [-0.1, -0.05) is 19.9 Å². The minimum atomic E-state index is -0.848. The molecule has 0 radical (unpaired) electrons. The van der Waals surface area contributed by atoms with Crippen LogP contribution in [0.25, 0.3) is 0 Å². The van der Waals surface area contributed by atoms with Crippen LogP contribution in [0.2, 0.25) is 0 Å². The maximum atomic E-state index is 13.5. The van der Waals surface area contributed by atoms with Gasteiger partial charge >= 0.3 is 5.69 Å². The molecule has 0 unspecified atom stereocenters. The Kier molecular flexibility index (Phi) is 3.73. The van der Waals surface area contributed by atoms with Crippen molar-refractivity contribution in [3.63, 3.8) is 0 Å². The van der Waals surface area contributed by atoms with Gasteiger partial charge in [0.1, 0.15) is 0 Å². The van der Waals surface area contributed by atoms with Gasteiger partial charge in [0.05, 0.1) is 11.0 Å². The molecule has 0 spiro atoms. The summed E-state index contributed by atoms with van der Waals surface area (Å²) in [6, 6.07) is 3.97. The molecule has 4 nitrogen and oxygen atoms in total. The van der Waals surface area contributed by atoms with Gasteiger partial charge in [-0.3, -0.25) is 10.1 Å². The third-order valence-electron chi connectivity index (χ3n) is 3.71. The fourth-order valence-corrected chi connectivity index (χ4v) is 2.44. The Morgan fingerprint density at radius 3 is 2.58 bits per heavy atom. The average Bonchev–Trinajstić information content (AvgIpc) is 2.31. The highest BCUT2D eigenvalue weighted by Crippen LogP contribution is 2.38. The Morgan fingerprint density at radius 1 is 1.37 bits per heavy atom. The molecule has 0 aliphatic heterocycles. The molecule has 0 heterocycles. The van der Waals surface area contributed by atoms with Gasteiger partial charge in [-0.15, -0.1) is 0 Å². The van der Waals surface area contributed by atoms with Crippen LogP contribution < -0.4 is 4.74 Å². The number of hydrogen-bond donors (Lipinski definition) is 0.